The van der Waals surface area contributed by atoms with Crippen LogP contribution in [0.5, 0.6) is 0 Å². The van der Waals surface area contributed by atoms with Gasteiger partial charge in [0.1, 0.15) is 17.2 Å². The molecule has 7 nitrogen and oxygen atoms in total. The number of hydrogen-bond donors (Lipinski definition) is 1. The van der Waals surface area contributed by atoms with E-state index in [0.717, 1.165) is 10.4 Å². The third kappa shape index (κ3) is 4.04. The summed E-state index contributed by atoms with van der Waals surface area (Å²) in [6.45, 7) is 2.15. The van der Waals surface area contributed by atoms with Crippen LogP contribution in [-0.4, -0.2) is 41.8 Å². The number of morpholine rings is 1. The van der Waals surface area contributed by atoms with E-state index in [2.05, 4.69) is 10.3 Å². The van der Waals surface area contributed by atoms with Crippen molar-refractivity contribution in [2.24, 2.45) is 0 Å². The van der Waals surface area contributed by atoms with Crippen LogP contribution in [0, 0.1) is 5.82 Å². The minimum Gasteiger partial charge on any atom is -0.378 e. The summed E-state index contributed by atoms with van der Waals surface area (Å²) in [6.07, 6.45) is 1.38. The molecule has 4 heterocycles. The quantitative estimate of drug-likeness (QED) is 0.480. The van der Waals surface area contributed by atoms with Crippen molar-refractivity contribution < 1.29 is 13.9 Å². The average molecular weight is 471 g/mol. The molecular formula is C22H19FN4O3S2. The number of rotatable bonds is 5. The van der Waals surface area contributed by atoms with Gasteiger partial charge < -0.3 is 15.0 Å². The van der Waals surface area contributed by atoms with Crippen LogP contribution in [-0.2, 0) is 16.1 Å². The van der Waals surface area contributed by atoms with Crippen LogP contribution in [0.25, 0.3) is 20.7 Å². The molecule has 0 atom stereocenters. The molecule has 1 saturated heterocycles. The summed E-state index contributed by atoms with van der Waals surface area (Å²) in [5, 5.41) is 7.04. The highest BCUT2D eigenvalue weighted by atomic mass is 32.1. The molecule has 1 aliphatic rings. The first-order valence-corrected chi connectivity index (χ1v) is 11.8. The molecular weight excluding hydrogens is 451 g/mol. The van der Waals surface area contributed by atoms with Gasteiger partial charge in [-0.15, -0.1) is 22.7 Å². The van der Waals surface area contributed by atoms with Gasteiger partial charge in [-0.05, 0) is 29.6 Å². The number of carbonyl (C=O) groups excluding carboxylic acids is 1. The number of amides is 1. The summed E-state index contributed by atoms with van der Waals surface area (Å²) >= 11 is 2.94. The average Bonchev–Trinajstić information content (AvgIpc) is 3.46. The Morgan fingerprint density at radius 3 is 2.81 bits per heavy atom. The van der Waals surface area contributed by atoms with Crippen molar-refractivity contribution in [3.05, 3.63) is 63.6 Å². The van der Waals surface area contributed by atoms with E-state index < -0.39 is 11.7 Å². The Bertz CT molecular complexity index is 1330. The number of halogens is 1. The van der Waals surface area contributed by atoms with Crippen molar-refractivity contribution >= 4 is 50.2 Å². The molecule has 1 amide bonds. The fraction of sp³-hybridized carbons (Fsp3) is 0.227. The van der Waals surface area contributed by atoms with Gasteiger partial charge in [-0.3, -0.25) is 14.2 Å². The lowest BCUT2D eigenvalue weighted by atomic mass is 10.2. The minimum absolute atomic E-state index is 0.214. The van der Waals surface area contributed by atoms with Crippen molar-refractivity contribution in [1.82, 2.24) is 9.55 Å². The van der Waals surface area contributed by atoms with E-state index in [0.29, 0.717) is 47.9 Å². The van der Waals surface area contributed by atoms with Gasteiger partial charge in [0.15, 0.2) is 0 Å². The molecule has 1 N–H and O–H groups in total. The van der Waals surface area contributed by atoms with Crippen molar-refractivity contribution in [2.75, 3.05) is 36.5 Å². The molecule has 10 heteroatoms. The van der Waals surface area contributed by atoms with Gasteiger partial charge in [0.2, 0.25) is 5.91 Å². The Balaban J connectivity index is 1.34. The van der Waals surface area contributed by atoms with E-state index >= 15 is 0 Å². The summed E-state index contributed by atoms with van der Waals surface area (Å²) in [7, 11) is 0. The zero-order valence-electron chi connectivity index (χ0n) is 16.9. The van der Waals surface area contributed by atoms with Crippen molar-refractivity contribution in [3.8, 4) is 10.4 Å². The Morgan fingerprint density at radius 1 is 1.22 bits per heavy atom. The van der Waals surface area contributed by atoms with Crippen molar-refractivity contribution in [1.29, 1.82) is 0 Å². The molecule has 0 bridgehead atoms. The van der Waals surface area contributed by atoms with Crippen LogP contribution < -0.4 is 15.8 Å². The second-order valence-corrected chi connectivity index (χ2v) is 9.10. The molecule has 0 unspecified atom stereocenters. The zero-order valence-corrected chi connectivity index (χ0v) is 18.5. The van der Waals surface area contributed by atoms with E-state index in [1.54, 1.807) is 23.5 Å². The lowest BCUT2D eigenvalue weighted by molar-refractivity contribution is -0.116. The number of aromatic nitrogens is 2. The van der Waals surface area contributed by atoms with Gasteiger partial charge in [0.25, 0.3) is 5.56 Å². The summed E-state index contributed by atoms with van der Waals surface area (Å²) in [5.74, 6) is -0.844. The highest BCUT2D eigenvalue weighted by Crippen LogP contribution is 2.33. The third-order valence-electron chi connectivity index (χ3n) is 5.24. The lowest BCUT2D eigenvalue weighted by Crippen LogP contribution is -2.36. The van der Waals surface area contributed by atoms with Crippen molar-refractivity contribution in [2.45, 2.75) is 6.54 Å². The smallest absolute Gasteiger partial charge is 0.263 e. The number of carbonyl (C=O) groups is 1. The molecule has 0 spiro atoms. The van der Waals surface area contributed by atoms with E-state index in [4.69, 9.17) is 4.74 Å². The molecule has 0 aliphatic carbocycles. The standard InChI is InChI=1S/C22H19FN4O3S2/c23-16-10-14(3-4-17(16)26-5-7-30-8-6-26)25-19(28)11-27-13-24-21-20(22(27)29)15(12-32-21)18-2-1-9-31-18/h1-4,9-10,12-13H,5-8,11H2,(H,25,28). The molecule has 1 aromatic carbocycles. The molecule has 164 valence electrons. The topological polar surface area (TPSA) is 76.5 Å². The molecule has 0 saturated carbocycles. The molecule has 5 rings (SSSR count). The van der Waals surface area contributed by atoms with Gasteiger partial charge in [-0.25, -0.2) is 9.37 Å². The van der Waals surface area contributed by atoms with E-state index in [1.807, 2.05) is 27.8 Å². The second kappa shape index (κ2) is 8.81. The van der Waals surface area contributed by atoms with Crippen LogP contribution in [0.3, 0.4) is 0 Å². The number of ether oxygens (including phenoxy) is 1. The fourth-order valence-corrected chi connectivity index (χ4v) is 5.41. The molecule has 0 radical (unpaired) electrons. The monoisotopic (exact) mass is 470 g/mol. The van der Waals surface area contributed by atoms with Crippen LogP contribution in [0.2, 0.25) is 0 Å². The lowest BCUT2D eigenvalue weighted by Gasteiger charge is -2.29. The first-order valence-electron chi connectivity index (χ1n) is 10.0. The molecule has 4 aromatic rings. The molecule has 1 fully saturated rings. The second-order valence-electron chi connectivity index (χ2n) is 7.30. The van der Waals surface area contributed by atoms with Crippen LogP contribution in [0.4, 0.5) is 15.8 Å². The Labute approximate surface area is 190 Å². The van der Waals surface area contributed by atoms with Crippen LogP contribution in [0.15, 0.2) is 52.2 Å². The fourth-order valence-electron chi connectivity index (χ4n) is 3.69. The number of hydrogen-bond acceptors (Lipinski definition) is 7. The number of benzene rings is 1. The Morgan fingerprint density at radius 2 is 2.06 bits per heavy atom. The number of nitrogens with zero attached hydrogens (tertiary/aromatic N) is 3. The highest BCUT2D eigenvalue weighted by molar-refractivity contribution is 7.18. The number of anilines is 2. The predicted molar refractivity (Wildman–Crippen MR) is 125 cm³/mol. The maximum Gasteiger partial charge on any atom is 0.263 e. The summed E-state index contributed by atoms with van der Waals surface area (Å²) in [4.78, 5) is 33.5. The number of nitrogens with one attached hydrogen (secondary N) is 1. The Hall–Kier alpha value is -3.08. The van der Waals surface area contributed by atoms with E-state index in [1.165, 1.54) is 28.3 Å². The van der Waals surface area contributed by atoms with Gasteiger partial charge in [-0.1, -0.05) is 6.07 Å². The SMILES string of the molecule is O=C(Cn1cnc2scc(-c3cccs3)c2c1=O)Nc1ccc(N2CCOCC2)c(F)c1. The number of thiophene rings is 2. The van der Waals surface area contributed by atoms with E-state index in [-0.39, 0.29) is 12.1 Å². The summed E-state index contributed by atoms with van der Waals surface area (Å²) in [5.41, 5.74) is 1.37. The van der Waals surface area contributed by atoms with Gasteiger partial charge >= 0.3 is 0 Å². The zero-order chi connectivity index (χ0) is 22.1. The first-order chi connectivity index (χ1) is 15.6. The molecule has 32 heavy (non-hydrogen) atoms. The van der Waals surface area contributed by atoms with Gasteiger partial charge in [0.05, 0.1) is 30.6 Å². The maximum atomic E-state index is 14.6. The summed E-state index contributed by atoms with van der Waals surface area (Å²) < 4.78 is 21.2. The third-order valence-corrected chi connectivity index (χ3v) is 7.03. The predicted octanol–water partition coefficient (Wildman–Crippen LogP) is 3.80. The number of fused-ring (bicyclic) bond motifs is 1. The van der Waals surface area contributed by atoms with Crippen LogP contribution in [0.1, 0.15) is 0 Å². The van der Waals surface area contributed by atoms with Crippen molar-refractivity contribution in [3.63, 3.8) is 0 Å². The maximum absolute atomic E-state index is 14.6. The van der Waals surface area contributed by atoms with Gasteiger partial charge in [0, 0.05) is 34.6 Å². The normalized spacial score (nSPS) is 14.1. The minimum atomic E-state index is -0.431. The summed E-state index contributed by atoms with van der Waals surface area (Å²) in [6, 6.07) is 8.47. The molecule has 3 aromatic heterocycles. The van der Waals surface area contributed by atoms with Gasteiger partial charge in [-0.2, -0.15) is 0 Å². The Kier molecular flexibility index (Phi) is 5.73. The largest absolute Gasteiger partial charge is 0.378 e. The highest BCUT2D eigenvalue weighted by Gasteiger charge is 2.17. The van der Waals surface area contributed by atoms with E-state index in [9.17, 15) is 14.0 Å². The molecule has 1 aliphatic heterocycles. The first kappa shape index (κ1) is 20.8. The van der Waals surface area contributed by atoms with Crippen LogP contribution >= 0.6 is 22.7 Å².